The summed E-state index contributed by atoms with van der Waals surface area (Å²) in [6.45, 7) is 10.2. The first-order valence-electron chi connectivity index (χ1n) is 4.03. The topological polar surface area (TPSA) is 9.23 Å². The first kappa shape index (κ1) is 8.54. The predicted octanol–water partition coefficient (Wildman–Crippen LogP) is 2.69. The van der Waals surface area contributed by atoms with Gasteiger partial charge in [0, 0.05) is 0 Å². The Morgan fingerprint density at radius 1 is 0.909 bits per heavy atom. The Labute approximate surface area is 68.8 Å². The van der Waals surface area contributed by atoms with Gasteiger partial charge in [-0.05, 0) is 38.8 Å². The van der Waals surface area contributed by atoms with Crippen LogP contribution in [0.2, 0.25) is 0 Å². The summed E-state index contributed by atoms with van der Waals surface area (Å²) in [5.41, 5.74) is 5.59. The van der Waals surface area contributed by atoms with Gasteiger partial charge in [-0.15, -0.1) is 0 Å². The molecule has 0 aliphatic carbocycles. The molecule has 1 heteroatoms. The third-order valence-corrected chi connectivity index (χ3v) is 2.06. The fourth-order valence-corrected chi connectivity index (χ4v) is 1.32. The molecule has 0 spiro atoms. The summed E-state index contributed by atoms with van der Waals surface area (Å²) in [6, 6.07) is 0. The molecule has 0 aromatic heterocycles. The van der Waals surface area contributed by atoms with E-state index in [0.29, 0.717) is 0 Å². The van der Waals surface area contributed by atoms with Crippen molar-refractivity contribution in [2.75, 3.05) is 13.2 Å². The highest BCUT2D eigenvalue weighted by molar-refractivity contribution is 5.40. The lowest BCUT2D eigenvalue weighted by Gasteiger charge is -2.02. The Bertz CT molecular complexity index is 189. The molecule has 1 heterocycles. The summed E-state index contributed by atoms with van der Waals surface area (Å²) < 4.78 is 5.38. The molecule has 0 radical (unpaired) electrons. The van der Waals surface area contributed by atoms with Crippen LogP contribution in [0.15, 0.2) is 22.3 Å². The highest BCUT2D eigenvalue weighted by Gasteiger charge is 2.15. The zero-order valence-electron chi connectivity index (χ0n) is 7.82. The first-order valence-corrected chi connectivity index (χ1v) is 4.03. The van der Waals surface area contributed by atoms with Crippen LogP contribution in [0.4, 0.5) is 0 Å². The zero-order chi connectivity index (χ0) is 8.43. The molecule has 0 aromatic carbocycles. The SMILES string of the molecule is CC(C)=C1COCC1=C(C)C. The minimum absolute atomic E-state index is 0.808. The predicted molar refractivity (Wildman–Crippen MR) is 47.6 cm³/mol. The largest absolute Gasteiger partial charge is 0.372 e. The van der Waals surface area contributed by atoms with E-state index >= 15 is 0 Å². The smallest absolute Gasteiger partial charge is 0.0724 e. The summed E-state index contributed by atoms with van der Waals surface area (Å²) in [6.07, 6.45) is 0. The van der Waals surface area contributed by atoms with Crippen molar-refractivity contribution in [1.82, 2.24) is 0 Å². The van der Waals surface area contributed by atoms with Crippen molar-refractivity contribution < 1.29 is 4.74 Å². The van der Waals surface area contributed by atoms with Crippen LogP contribution in [0.1, 0.15) is 27.7 Å². The second-order valence-corrected chi connectivity index (χ2v) is 3.45. The third-order valence-electron chi connectivity index (χ3n) is 2.06. The average Bonchev–Trinajstić information content (AvgIpc) is 2.32. The summed E-state index contributed by atoms with van der Waals surface area (Å²) in [5.74, 6) is 0. The van der Waals surface area contributed by atoms with Crippen molar-refractivity contribution in [2.45, 2.75) is 27.7 Å². The van der Waals surface area contributed by atoms with E-state index in [1.807, 2.05) is 0 Å². The first-order chi connectivity index (χ1) is 5.13. The van der Waals surface area contributed by atoms with E-state index in [-0.39, 0.29) is 0 Å². The van der Waals surface area contributed by atoms with Crippen LogP contribution in [0, 0.1) is 0 Å². The maximum absolute atomic E-state index is 5.38. The van der Waals surface area contributed by atoms with Crippen LogP contribution in [-0.4, -0.2) is 13.2 Å². The normalized spacial score (nSPS) is 17.5. The average molecular weight is 152 g/mol. The summed E-state index contributed by atoms with van der Waals surface area (Å²) in [5, 5.41) is 0. The molecule has 11 heavy (non-hydrogen) atoms. The van der Waals surface area contributed by atoms with Gasteiger partial charge in [0.05, 0.1) is 13.2 Å². The van der Waals surface area contributed by atoms with Gasteiger partial charge in [0.15, 0.2) is 0 Å². The highest BCUT2D eigenvalue weighted by Crippen LogP contribution is 2.24. The van der Waals surface area contributed by atoms with Crippen molar-refractivity contribution in [3.63, 3.8) is 0 Å². The molecule has 0 bridgehead atoms. The molecule has 1 rings (SSSR count). The molecular formula is C10H16O. The maximum Gasteiger partial charge on any atom is 0.0724 e. The van der Waals surface area contributed by atoms with E-state index in [2.05, 4.69) is 27.7 Å². The van der Waals surface area contributed by atoms with E-state index in [1.165, 1.54) is 22.3 Å². The molecule has 1 saturated heterocycles. The van der Waals surface area contributed by atoms with Gasteiger partial charge in [0.2, 0.25) is 0 Å². The number of allylic oxidation sites excluding steroid dienone is 2. The van der Waals surface area contributed by atoms with E-state index in [4.69, 9.17) is 4.74 Å². The zero-order valence-corrected chi connectivity index (χ0v) is 7.82. The number of hydrogen-bond donors (Lipinski definition) is 0. The Morgan fingerprint density at radius 3 is 1.55 bits per heavy atom. The Balaban J connectivity index is 3.01. The molecule has 1 aliphatic rings. The Morgan fingerprint density at radius 2 is 1.27 bits per heavy atom. The van der Waals surface area contributed by atoms with Crippen LogP contribution < -0.4 is 0 Å². The lowest BCUT2D eigenvalue weighted by molar-refractivity contribution is 0.214. The molecule has 1 fully saturated rings. The van der Waals surface area contributed by atoms with Crippen LogP contribution in [0.3, 0.4) is 0 Å². The van der Waals surface area contributed by atoms with Crippen LogP contribution in [0.25, 0.3) is 0 Å². The van der Waals surface area contributed by atoms with Gasteiger partial charge in [0.25, 0.3) is 0 Å². The monoisotopic (exact) mass is 152 g/mol. The molecule has 0 amide bonds. The number of hydrogen-bond acceptors (Lipinski definition) is 1. The molecule has 0 unspecified atom stereocenters. The van der Waals surface area contributed by atoms with Gasteiger partial charge >= 0.3 is 0 Å². The van der Waals surface area contributed by atoms with E-state index in [0.717, 1.165) is 13.2 Å². The highest BCUT2D eigenvalue weighted by atomic mass is 16.5. The second kappa shape index (κ2) is 3.22. The van der Waals surface area contributed by atoms with Crippen LogP contribution >= 0.6 is 0 Å². The molecule has 0 aromatic rings. The summed E-state index contributed by atoms with van der Waals surface area (Å²) in [7, 11) is 0. The minimum atomic E-state index is 0.808. The van der Waals surface area contributed by atoms with Gasteiger partial charge in [-0.2, -0.15) is 0 Å². The summed E-state index contributed by atoms with van der Waals surface area (Å²) in [4.78, 5) is 0. The van der Waals surface area contributed by atoms with Crippen LogP contribution in [0.5, 0.6) is 0 Å². The maximum atomic E-state index is 5.38. The van der Waals surface area contributed by atoms with Gasteiger partial charge < -0.3 is 4.74 Å². The Kier molecular flexibility index (Phi) is 2.50. The molecule has 1 nitrogen and oxygen atoms in total. The van der Waals surface area contributed by atoms with Gasteiger partial charge in [-0.3, -0.25) is 0 Å². The Hall–Kier alpha value is -0.560. The van der Waals surface area contributed by atoms with Crippen molar-refractivity contribution >= 4 is 0 Å². The van der Waals surface area contributed by atoms with Gasteiger partial charge in [-0.25, -0.2) is 0 Å². The molecular weight excluding hydrogens is 136 g/mol. The fourth-order valence-electron chi connectivity index (χ4n) is 1.32. The minimum Gasteiger partial charge on any atom is -0.372 e. The van der Waals surface area contributed by atoms with Gasteiger partial charge in [0.1, 0.15) is 0 Å². The molecule has 0 atom stereocenters. The molecule has 0 N–H and O–H groups in total. The van der Waals surface area contributed by atoms with Crippen molar-refractivity contribution in [1.29, 1.82) is 0 Å². The van der Waals surface area contributed by atoms with Crippen molar-refractivity contribution in [2.24, 2.45) is 0 Å². The van der Waals surface area contributed by atoms with Gasteiger partial charge in [-0.1, -0.05) is 11.1 Å². The lowest BCUT2D eigenvalue weighted by Crippen LogP contribution is -1.90. The molecule has 1 aliphatic heterocycles. The molecule has 62 valence electrons. The van der Waals surface area contributed by atoms with Crippen molar-refractivity contribution in [3.05, 3.63) is 22.3 Å². The summed E-state index contributed by atoms with van der Waals surface area (Å²) >= 11 is 0. The second-order valence-electron chi connectivity index (χ2n) is 3.45. The fraction of sp³-hybridized carbons (Fsp3) is 0.600. The van der Waals surface area contributed by atoms with Crippen molar-refractivity contribution in [3.8, 4) is 0 Å². The van der Waals surface area contributed by atoms with E-state index < -0.39 is 0 Å². The number of rotatable bonds is 0. The number of ether oxygens (including phenoxy) is 1. The lowest BCUT2D eigenvalue weighted by atomic mass is 10.0. The van der Waals surface area contributed by atoms with E-state index in [1.54, 1.807) is 0 Å². The standard InChI is InChI=1S/C10H16O/c1-7(2)9-5-11-6-10(9)8(3)4/h5-6H2,1-4H3. The third kappa shape index (κ3) is 1.72. The van der Waals surface area contributed by atoms with Crippen LogP contribution in [-0.2, 0) is 4.74 Å². The molecule has 0 saturated carbocycles. The van der Waals surface area contributed by atoms with E-state index in [9.17, 15) is 0 Å². The quantitative estimate of drug-likeness (QED) is 0.518.